The van der Waals surface area contributed by atoms with Gasteiger partial charge in [0.2, 0.25) is 5.88 Å². The van der Waals surface area contributed by atoms with Crippen LogP contribution in [0.25, 0.3) is 0 Å². The van der Waals surface area contributed by atoms with Crippen molar-refractivity contribution in [1.29, 1.82) is 0 Å². The van der Waals surface area contributed by atoms with Crippen molar-refractivity contribution in [2.24, 2.45) is 5.73 Å². The predicted octanol–water partition coefficient (Wildman–Crippen LogP) is 2.76. The molecule has 22 heavy (non-hydrogen) atoms. The summed E-state index contributed by atoms with van der Waals surface area (Å²) in [4.78, 5) is 4.28. The monoisotopic (exact) mass is 317 g/mol. The number of nitrogens with one attached hydrogen (secondary N) is 1. The second-order valence-electron chi connectivity index (χ2n) is 5.12. The quantitative estimate of drug-likeness (QED) is 0.492. The van der Waals surface area contributed by atoms with Crippen LogP contribution in [0.5, 0.6) is 5.88 Å². The van der Waals surface area contributed by atoms with Gasteiger partial charge in [0.25, 0.3) is 0 Å². The van der Waals surface area contributed by atoms with Gasteiger partial charge in [0.1, 0.15) is 0 Å². The largest absolute Gasteiger partial charge is 0.476 e. The second kappa shape index (κ2) is 9.33. The summed E-state index contributed by atoms with van der Waals surface area (Å²) in [5.41, 5.74) is 8.06. The number of nitrogens with two attached hydrogens (primary N) is 1. The average molecular weight is 317 g/mol. The molecule has 0 bridgehead atoms. The number of hydrogen-bond donors (Lipinski definition) is 3. The summed E-state index contributed by atoms with van der Waals surface area (Å²) in [5.74, 6) is 1.27. The number of aryl methyl sites for hydroxylation is 1. The van der Waals surface area contributed by atoms with Crippen LogP contribution in [0.4, 0.5) is 5.69 Å². The molecule has 4 nitrogen and oxygen atoms in total. The van der Waals surface area contributed by atoms with Crippen molar-refractivity contribution in [1.82, 2.24) is 4.98 Å². The Kier molecular flexibility index (Phi) is 7.06. The van der Waals surface area contributed by atoms with Crippen LogP contribution in [-0.4, -0.2) is 29.9 Å². The maximum Gasteiger partial charge on any atom is 0.237 e. The first-order chi connectivity index (χ1) is 10.8. The first-order valence-electron chi connectivity index (χ1n) is 7.51. The van der Waals surface area contributed by atoms with Crippen molar-refractivity contribution in [3.8, 4) is 5.88 Å². The number of nitrogens with zero attached hydrogens (tertiary/aromatic N) is 1. The molecule has 1 aromatic heterocycles. The maximum absolute atomic E-state index is 5.86. The van der Waals surface area contributed by atoms with E-state index in [4.69, 9.17) is 10.5 Å². The van der Waals surface area contributed by atoms with Crippen molar-refractivity contribution in [2.75, 3.05) is 24.2 Å². The summed E-state index contributed by atoms with van der Waals surface area (Å²) in [6, 6.07) is 14.2. The number of rotatable bonds is 9. The van der Waals surface area contributed by atoms with Crippen LogP contribution in [-0.2, 0) is 6.42 Å². The third-order valence-corrected chi connectivity index (χ3v) is 3.72. The Hall–Kier alpha value is -1.72. The third-order valence-electron chi connectivity index (χ3n) is 3.25. The fraction of sp³-hybridized carbons (Fsp3) is 0.353. The summed E-state index contributed by atoms with van der Waals surface area (Å²) in [6.07, 6.45) is 3.69. The van der Waals surface area contributed by atoms with Crippen LogP contribution in [0.2, 0.25) is 0 Å². The Morgan fingerprint density at radius 1 is 1.18 bits per heavy atom. The Morgan fingerprint density at radius 3 is 2.77 bits per heavy atom. The molecule has 0 aliphatic rings. The van der Waals surface area contributed by atoms with E-state index in [0.717, 1.165) is 18.5 Å². The zero-order chi connectivity index (χ0) is 15.6. The number of pyridine rings is 1. The van der Waals surface area contributed by atoms with Crippen molar-refractivity contribution in [3.05, 3.63) is 54.2 Å². The number of anilines is 1. The van der Waals surface area contributed by atoms with Crippen LogP contribution in [0, 0.1) is 0 Å². The predicted molar refractivity (Wildman–Crippen MR) is 94.8 cm³/mol. The normalized spacial score (nSPS) is 11.9. The Bertz CT molecular complexity index is 551. The van der Waals surface area contributed by atoms with E-state index in [9.17, 15) is 0 Å². The molecule has 0 fully saturated rings. The van der Waals surface area contributed by atoms with Gasteiger partial charge in [0.05, 0.1) is 12.3 Å². The summed E-state index contributed by atoms with van der Waals surface area (Å²) in [5, 5.41) is 3.26. The van der Waals surface area contributed by atoms with Gasteiger partial charge in [-0.3, -0.25) is 0 Å². The first kappa shape index (κ1) is 16.6. The lowest BCUT2D eigenvalue weighted by Crippen LogP contribution is -2.30. The molecule has 0 saturated heterocycles. The zero-order valence-electron chi connectivity index (χ0n) is 12.6. The molecule has 118 valence electrons. The highest BCUT2D eigenvalue weighted by Gasteiger charge is 2.06. The minimum atomic E-state index is 0.00877. The molecule has 1 unspecified atom stereocenters. The maximum atomic E-state index is 5.86. The highest BCUT2D eigenvalue weighted by molar-refractivity contribution is 7.80. The Labute approximate surface area is 137 Å². The van der Waals surface area contributed by atoms with E-state index < -0.39 is 0 Å². The van der Waals surface area contributed by atoms with Crippen LogP contribution < -0.4 is 15.8 Å². The fourth-order valence-corrected chi connectivity index (χ4v) is 2.16. The number of benzene rings is 1. The van der Waals surface area contributed by atoms with E-state index >= 15 is 0 Å². The van der Waals surface area contributed by atoms with Crippen molar-refractivity contribution in [2.45, 2.75) is 18.9 Å². The fourth-order valence-electron chi connectivity index (χ4n) is 2.04. The van der Waals surface area contributed by atoms with Crippen LogP contribution in [0.15, 0.2) is 48.7 Å². The highest BCUT2D eigenvalue weighted by atomic mass is 32.1. The topological polar surface area (TPSA) is 60.2 Å². The van der Waals surface area contributed by atoms with E-state index in [1.807, 2.05) is 18.2 Å². The molecule has 0 spiro atoms. The van der Waals surface area contributed by atoms with Crippen LogP contribution >= 0.6 is 12.6 Å². The molecule has 3 N–H and O–H groups in total. The van der Waals surface area contributed by atoms with Crippen LogP contribution in [0.1, 0.15) is 12.0 Å². The molecule has 1 aromatic carbocycles. The SMILES string of the molecule is NC(CS)CNc1cccnc1OCCCc1ccccc1. The van der Waals surface area contributed by atoms with Gasteiger partial charge in [-0.1, -0.05) is 30.3 Å². The number of thiol groups is 1. The highest BCUT2D eigenvalue weighted by Crippen LogP contribution is 2.20. The third kappa shape index (κ3) is 5.58. The summed E-state index contributed by atoms with van der Waals surface area (Å²) in [7, 11) is 0. The Balaban J connectivity index is 1.79. The number of hydrogen-bond acceptors (Lipinski definition) is 5. The van der Waals surface area contributed by atoms with Gasteiger partial charge in [-0.2, -0.15) is 12.6 Å². The van der Waals surface area contributed by atoms with Gasteiger partial charge >= 0.3 is 0 Å². The smallest absolute Gasteiger partial charge is 0.237 e. The van der Waals surface area contributed by atoms with Gasteiger partial charge in [-0.05, 0) is 30.5 Å². The van der Waals surface area contributed by atoms with E-state index in [1.165, 1.54) is 5.56 Å². The number of aromatic nitrogens is 1. The van der Waals surface area contributed by atoms with Gasteiger partial charge < -0.3 is 15.8 Å². The van der Waals surface area contributed by atoms with E-state index in [2.05, 4.69) is 47.2 Å². The molecule has 0 radical (unpaired) electrons. The minimum absolute atomic E-state index is 0.00877. The molecule has 2 rings (SSSR count). The van der Waals surface area contributed by atoms with Gasteiger partial charge in [0.15, 0.2) is 0 Å². The molecule has 2 aromatic rings. The molecule has 0 aliphatic carbocycles. The molecule has 0 amide bonds. The molecule has 0 aliphatic heterocycles. The molecule has 1 heterocycles. The summed E-state index contributed by atoms with van der Waals surface area (Å²) in [6.45, 7) is 1.29. The van der Waals surface area contributed by atoms with Gasteiger partial charge in [-0.25, -0.2) is 4.98 Å². The average Bonchev–Trinajstić information content (AvgIpc) is 2.58. The molecule has 5 heteroatoms. The van der Waals surface area contributed by atoms with Gasteiger partial charge in [0, 0.05) is 24.5 Å². The molecular formula is C17H23N3OS. The van der Waals surface area contributed by atoms with E-state index in [1.54, 1.807) is 6.20 Å². The van der Waals surface area contributed by atoms with Crippen molar-refractivity contribution >= 4 is 18.3 Å². The van der Waals surface area contributed by atoms with Crippen molar-refractivity contribution in [3.63, 3.8) is 0 Å². The number of ether oxygens (including phenoxy) is 1. The lowest BCUT2D eigenvalue weighted by atomic mass is 10.1. The van der Waals surface area contributed by atoms with Gasteiger partial charge in [-0.15, -0.1) is 0 Å². The summed E-state index contributed by atoms with van der Waals surface area (Å²) >= 11 is 4.18. The lowest BCUT2D eigenvalue weighted by molar-refractivity contribution is 0.301. The van der Waals surface area contributed by atoms with E-state index in [0.29, 0.717) is 24.8 Å². The summed E-state index contributed by atoms with van der Waals surface area (Å²) < 4.78 is 5.79. The molecule has 1 atom stereocenters. The van der Waals surface area contributed by atoms with Crippen molar-refractivity contribution < 1.29 is 4.74 Å². The zero-order valence-corrected chi connectivity index (χ0v) is 13.5. The Morgan fingerprint density at radius 2 is 2.00 bits per heavy atom. The standard InChI is InChI=1S/C17H23N3OS/c18-15(13-22)12-20-16-9-4-10-19-17(16)21-11-5-8-14-6-2-1-3-7-14/h1-4,6-7,9-10,15,20,22H,5,8,11-13,18H2. The van der Waals surface area contributed by atoms with E-state index in [-0.39, 0.29) is 6.04 Å². The lowest BCUT2D eigenvalue weighted by Gasteiger charge is -2.14. The molecule has 0 saturated carbocycles. The molecular weight excluding hydrogens is 294 g/mol. The van der Waals surface area contributed by atoms with Crippen LogP contribution in [0.3, 0.4) is 0 Å². The first-order valence-corrected chi connectivity index (χ1v) is 8.15. The second-order valence-corrected chi connectivity index (χ2v) is 5.48. The minimum Gasteiger partial charge on any atom is -0.476 e.